The number of aliphatic hydroxyl groups is 1. The maximum Gasteiger partial charge on any atom is 0.405 e. The quantitative estimate of drug-likeness (QED) is 0.694. The zero-order chi connectivity index (χ0) is 22.2. The van der Waals surface area contributed by atoms with E-state index in [0.29, 0.717) is 12.5 Å². The monoisotopic (exact) mass is 396 g/mol. The van der Waals surface area contributed by atoms with Crippen molar-refractivity contribution >= 4 is 12.0 Å². The number of nitrogens with two attached hydrogens (primary N) is 1. The molecule has 0 spiro atoms. The van der Waals surface area contributed by atoms with Crippen molar-refractivity contribution in [2.45, 2.75) is 91.9 Å². The number of nitrogens with one attached hydrogen (secondary N) is 1. The predicted molar refractivity (Wildman–Crippen MR) is 115 cm³/mol. The Kier molecular flexibility index (Phi) is 16.0. The molecule has 4 N–H and O–H groups in total. The van der Waals surface area contributed by atoms with Crippen LogP contribution in [0.1, 0.15) is 73.3 Å². The van der Waals surface area contributed by atoms with Crippen molar-refractivity contribution in [1.82, 2.24) is 5.32 Å². The first kappa shape index (κ1) is 28.1. The largest absolute Gasteiger partial charge is 0.444 e. The summed E-state index contributed by atoms with van der Waals surface area (Å²) < 4.78 is 4.58. The number of primary amides is 1. The van der Waals surface area contributed by atoms with Gasteiger partial charge in [0.05, 0.1) is 0 Å². The van der Waals surface area contributed by atoms with Crippen LogP contribution in [-0.2, 0) is 16.0 Å². The van der Waals surface area contributed by atoms with E-state index >= 15 is 0 Å². The Morgan fingerprint density at radius 1 is 1.14 bits per heavy atom. The normalized spacial score (nSPS) is 13.1. The van der Waals surface area contributed by atoms with Crippen LogP contribution in [0, 0.1) is 0 Å². The van der Waals surface area contributed by atoms with Crippen LogP contribution in [0.5, 0.6) is 0 Å². The summed E-state index contributed by atoms with van der Waals surface area (Å²) in [4.78, 5) is 21.5. The van der Waals surface area contributed by atoms with Gasteiger partial charge in [0.15, 0.2) is 0 Å². The minimum Gasteiger partial charge on any atom is -0.444 e. The summed E-state index contributed by atoms with van der Waals surface area (Å²) in [6.07, 6.45) is 1.73. The summed E-state index contributed by atoms with van der Waals surface area (Å²) in [5.74, 6) is -0.224. The van der Waals surface area contributed by atoms with Crippen molar-refractivity contribution in [2.75, 3.05) is 0 Å². The van der Waals surface area contributed by atoms with Gasteiger partial charge in [-0.25, -0.2) is 4.79 Å². The van der Waals surface area contributed by atoms with E-state index in [-0.39, 0.29) is 5.91 Å². The highest BCUT2D eigenvalue weighted by Crippen LogP contribution is 2.19. The van der Waals surface area contributed by atoms with E-state index in [1.807, 2.05) is 58.0 Å². The second-order valence-electron chi connectivity index (χ2n) is 6.86. The molecule has 28 heavy (non-hydrogen) atoms. The van der Waals surface area contributed by atoms with E-state index in [0.717, 1.165) is 24.8 Å². The standard InChI is InChI=1S/C13H17NO2.C5H11NO2.2C2H6/c15-12(13(16)14-11-7-8-11)9-6-10-4-2-1-3-5-10;1-5(2,3)8-4(6)7;2*1-2/h1-5,11-12,15H,6-9H2,(H,14,16);1-3H3,(H2,6,7);2*1-2H3. The van der Waals surface area contributed by atoms with Gasteiger partial charge in [0.25, 0.3) is 0 Å². The fraction of sp³-hybridized carbons (Fsp3) is 0.636. The molecule has 0 radical (unpaired) electrons. The molecule has 1 aliphatic carbocycles. The van der Waals surface area contributed by atoms with Crippen molar-refractivity contribution in [3.63, 3.8) is 0 Å². The van der Waals surface area contributed by atoms with E-state index in [4.69, 9.17) is 5.73 Å². The van der Waals surface area contributed by atoms with Crippen molar-refractivity contribution in [2.24, 2.45) is 5.73 Å². The fourth-order valence-electron chi connectivity index (χ4n) is 1.91. The minimum atomic E-state index is -0.874. The number of aliphatic hydroxyl groups excluding tert-OH is 1. The van der Waals surface area contributed by atoms with E-state index < -0.39 is 17.8 Å². The van der Waals surface area contributed by atoms with Crippen LogP contribution in [0.3, 0.4) is 0 Å². The first-order chi connectivity index (χ1) is 13.2. The highest BCUT2D eigenvalue weighted by atomic mass is 16.6. The third-order valence-electron chi connectivity index (χ3n) is 3.18. The molecule has 2 amide bonds. The summed E-state index contributed by atoms with van der Waals surface area (Å²) in [6, 6.07) is 10.2. The second-order valence-corrected chi connectivity index (χ2v) is 6.86. The lowest BCUT2D eigenvalue weighted by Gasteiger charge is -2.16. The van der Waals surface area contributed by atoms with Crippen molar-refractivity contribution in [1.29, 1.82) is 0 Å². The lowest BCUT2D eigenvalue weighted by atomic mass is 10.1. The zero-order valence-corrected chi connectivity index (χ0v) is 18.6. The summed E-state index contributed by atoms with van der Waals surface area (Å²) in [7, 11) is 0. The molecular formula is C22H40N2O4. The van der Waals surface area contributed by atoms with Crippen molar-refractivity contribution < 1.29 is 19.4 Å². The molecule has 2 rings (SSSR count). The Balaban J connectivity index is 0. The predicted octanol–water partition coefficient (Wildman–Crippen LogP) is 4.19. The zero-order valence-electron chi connectivity index (χ0n) is 18.6. The number of ether oxygens (including phenoxy) is 1. The number of rotatable bonds is 5. The van der Waals surface area contributed by atoms with Gasteiger partial charge < -0.3 is 20.9 Å². The molecule has 1 saturated carbocycles. The molecule has 6 nitrogen and oxygen atoms in total. The number of benzene rings is 1. The Morgan fingerprint density at radius 3 is 2.00 bits per heavy atom. The van der Waals surface area contributed by atoms with Crippen LogP contribution in [0.4, 0.5) is 4.79 Å². The van der Waals surface area contributed by atoms with Gasteiger partial charge in [0.2, 0.25) is 5.91 Å². The molecule has 1 atom stereocenters. The first-order valence-corrected chi connectivity index (χ1v) is 10.2. The molecule has 0 saturated heterocycles. The smallest absolute Gasteiger partial charge is 0.405 e. The number of amides is 2. The lowest BCUT2D eigenvalue weighted by Crippen LogP contribution is -2.36. The molecule has 1 unspecified atom stereocenters. The summed E-state index contributed by atoms with van der Waals surface area (Å²) in [5.41, 5.74) is 5.42. The van der Waals surface area contributed by atoms with Crippen LogP contribution < -0.4 is 11.1 Å². The SMILES string of the molecule is CC.CC.CC(C)(C)OC(N)=O.O=C(NC1CC1)C(O)CCc1ccccc1. The second kappa shape index (κ2) is 15.9. The van der Waals surface area contributed by atoms with E-state index in [1.165, 1.54) is 0 Å². The van der Waals surface area contributed by atoms with E-state index in [9.17, 15) is 14.7 Å². The maximum atomic E-state index is 11.5. The van der Waals surface area contributed by atoms with Crippen LogP contribution in [-0.4, -0.2) is 34.9 Å². The van der Waals surface area contributed by atoms with Crippen LogP contribution in [0.25, 0.3) is 0 Å². The highest BCUT2D eigenvalue weighted by Gasteiger charge is 2.26. The topological polar surface area (TPSA) is 102 Å². The third kappa shape index (κ3) is 17.3. The molecule has 0 bridgehead atoms. The number of hydrogen-bond donors (Lipinski definition) is 3. The van der Waals surface area contributed by atoms with Gasteiger partial charge in [0.1, 0.15) is 11.7 Å². The number of carbonyl (C=O) groups is 2. The lowest BCUT2D eigenvalue weighted by molar-refractivity contribution is -0.129. The average Bonchev–Trinajstić information content (AvgIpc) is 3.46. The molecule has 0 aliphatic heterocycles. The van der Waals surface area contributed by atoms with Crippen LogP contribution in [0.15, 0.2) is 30.3 Å². The minimum absolute atomic E-state index is 0.224. The molecule has 1 aromatic carbocycles. The van der Waals surface area contributed by atoms with Crippen LogP contribution >= 0.6 is 0 Å². The summed E-state index contributed by atoms with van der Waals surface area (Å²) in [6.45, 7) is 13.3. The van der Waals surface area contributed by atoms with Gasteiger partial charge in [-0.1, -0.05) is 58.0 Å². The Bertz CT molecular complexity index is 523. The molecule has 162 valence electrons. The maximum absolute atomic E-state index is 11.5. The summed E-state index contributed by atoms with van der Waals surface area (Å²) >= 11 is 0. The third-order valence-corrected chi connectivity index (χ3v) is 3.18. The van der Waals surface area contributed by atoms with E-state index in [2.05, 4.69) is 10.1 Å². The van der Waals surface area contributed by atoms with Crippen LogP contribution in [0.2, 0.25) is 0 Å². The van der Waals surface area contributed by atoms with Gasteiger partial charge in [-0.3, -0.25) is 4.79 Å². The molecule has 0 aromatic heterocycles. The number of carbonyl (C=O) groups excluding carboxylic acids is 2. The van der Waals surface area contributed by atoms with Gasteiger partial charge in [-0.15, -0.1) is 0 Å². The van der Waals surface area contributed by atoms with E-state index in [1.54, 1.807) is 20.8 Å². The average molecular weight is 397 g/mol. The fourth-order valence-corrected chi connectivity index (χ4v) is 1.91. The number of aryl methyl sites for hydroxylation is 1. The first-order valence-electron chi connectivity index (χ1n) is 10.2. The number of hydrogen-bond acceptors (Lipinski definition) is 4. The molecule has 6 heteroatoms. The Morgan fingerprint density at radius 2 is 1.64 bits per heavy atom. The molecule has 1 aliphatic rings. The molecule has 1 aromatic rings. The van der Waals surface area contributed by atoms with Gasteiger partial charge in [-0.05, 0) is 52.0 Å². The van der Waals surface area contributed by atoms with Gasteiger partial charge in [-0.2, -0.15) is 0 Å². The highest BCUT2D eigenvalue weighted by molar-refractivity contribution is 5.81. The van der Waals surface area contributed by atoms with Gasteiger partial charge in [0, 0.05) is 6.04 Å². The molecular weight excluding hydrogens is 356 g/mol. The molecule has 1 fully saturated rings. The summed E-state index contributed by atoms with van der Waals surface area (Å²) in [5, 5.41) is 12.4. The Hall–Kier alpha value is -2.08. The molecule has 0 heterocycles. The van der Waals surface area contributed by atoms with Gasteiger partial charge >= 0.3 is 6.09 Å². The van der Waals surface area contributed by atoms with Crippen molar-refractivity contribution in [3.05, 3.63) is 35.9 Å². The van der Waals surface area contributed by atoms with Crippen molar-refractivity contribution in [3.8, 4) is 0 Å². The Labute approximate surface area is 170 Å².